The topological polar surface area (TPSA) is 78.6 Å². The summed E-state index contributed by atoms with van der Waals surface area (Å²) in [6.07, 6.45) is 1.02. The number of nitrogens with one attached hydrogen (secondary N) is 2. The van der Waals surface area contributed by atoms with Crippen LogP contribution in [-0.4, -0.2) is 20.9 Å². The molecule has 0 atom stereocenters. The van der Waals surface area contributed by atoms with E-state index in [9.17, 15) is 9.59 Å². The van der Waals surface area contributed by atoms with Gasteiger partial charge in [-0.25, -0.2) is 9.89 Å². The molecule has 14 heavy (non-hydrogen) atoms. The third kappa shape index (κ3) is 3.37. The van der Waals surface area contributed by atoms with Crippen LogP contribution < -0.4 is 11.2 Å². The van der Waals surface area contributed by atoms with Crippen molar-refractivity contribution in [2.24, 2.45) is 5.92 Å². The zero-order chi connectivity index (χ0) is 10.6. The Bertz CT molecular complexity index is 396. The fourth-order valence-corrected chi connectivity index (χ4v) is 1.90. The molecule has 0 bridgehead atoms. The summed E-state index contributed by atoms with van der Waals surface area (Å²) in [6.45, 7) is 4.23. The lowest BCUT2D eigenvalue weighted by Crippen LogP contribution is -2.25. The minimum atomic E-state index is -0.566. The van der Waals surface area contributed by atoms with Gasteiger partial charge in [0.25, 0.3) is 5.56 Å². The van der Waals surface area contributed by atoms with Crippen LogP contribution in [0.2, 0.25) is 0 Å². The van der Waals surface area contributed by atoms with Crippen LogP contribution in [0, 0.1) is 5.92 Å². The summed E-state index contributed by atoms with van der Waals surface area (Å²) in [4.78, 5) is 23.9. The predicted molar refractivity (Wildman–Crippen MR) is 55.7 cm³/mol. The standard InChI is InChI=1S/C8H13N3O2S/c1-5(2)3-4-14-7-6(12)9-8(13)11-10-7/h5H,3-4H2,1-2H3,(H2,9,11,12,13). The Morgan fingerprint density at radius 3 is 2.71 bits per heavy atom. The van der Waals surface area contributed by atoms with Gasteiger partial charge in [-0.3, -0.25) is 9.78 Å². The summed E-state index contributed by atoms with van der Waals surface area (Å²) < 4.78 is 0. The molecule has 0 radical (unpaired) electrons. The molecule has 0 aliphatic heterocycles. The van der Waals surface area contributed by atoms with Crippen molar-refractivity contribution in [3.8, 4) is 0 Å². The molecule has 0 amide bonds. The Morgan fingerprint density at radius 1 is 1.43 bits per heavy atom. The molecule has 0 saturated heterocycles. The molecule has 0 aliphatic rings. The van der Waals surface area contributed by atoms with Crippen molar-refractivity contribution in [3.05, 3.63) is 20.8 Å². The Hall–Kier alpha value is -1.04. The number of rotatable bonds is 4. The molecular formula is C8H13N3O2S. The van der Waals surface area contributed by atoms with Gasteiger partial charge in [0.05, 0.1) is 0 Å². The molecule has 0 unspecified atom stereocenters. The Morgan fingerprint density at radius 2 is 2.14 bits per heavy atom. The summed E-state index contributed by atoms with van der Waals surface area (Å²) in [6, 6.07) is 0. The van der Waals surface area contributed by atoms with E-state index in [1.54, 1.807) is 0 Å². The van der Waals surface area contributed by atoms with Gasteiger partial charge < -0.3 is 0 Å². The smallest absolute Gasteiger partial charge is 0.271 e. The monoisotopic (exact) mass is 215 g/mol. The molecule has 6 heteroatoms. The number of H-pyrrole nitrogens is 2. The van der Waals surface area contributed by atoms with Crippen molar-refractivity contribution >= 4 is 11.8 Å². The van der Waals surface area contributed by atoms with Crippen LogP contribution in [0.1, 0.15) is 20.3 Å². The fraction of sp³-hybridized carbons (Fsp3) is 0.625. The molecular weight excluding hydrogens is 202 g/mol. The van der Waals surface area contributed by atoms with Crippen molar-refractivity contribution in [2.45, 2.75) is 25.3 Å². The molecule has 1 aromatic heterocycles. The summed E-state index contributed by atoms with van der Waals surface area (Å²) in [5, 5.41) is 6.18. The second-order valence-electron chi connectivity index (χ2n) is 3.34. The average molecular weight is 215 g/mol. The van der Waals surface area contributed by atoms with Gasteiger partial charge in [-0.15, -0.1) is 0 Å². The highest BCUT2D eigenvalue weighted by Gasteiger charge is 2.03. The van der Waals surface area contributed by atoms with E-state index in [0.717, 1.165) is 12.2 Å². The van der Waals surface area contributed by atoms with Gasteiger partial charge in [0.15, 0.2) is 5.03 Å². The summed E-state index contributed by atoms with van der Waals surface area (Å²) in [5.41, 5.74) is -0.981. The molecule has 0 spiro atoms. The van der Waals surface area contributed by atoms with E-state index >= 15 is 0 Å². The Labute approximate surface area is 85.3 Å². The third-order valence-corrected chi connectivity index (χ3v) is 2.60. The van der Waals surface area contributed by atoms with Crippen LogP contribution in [0.4, 0.5) is 0 Å². The quantitative estimate of drug-likeness (QED) is 0.721. The van der Waals surface area contributed by atoms with E-state index in [1.165, 1.54) is 11.8 Å². The lowest BCUT2D eigenvalue weighted by molar-refractivity contribution is 0.631. The van der Waals surface area contributed by atoms with Crippen LogP contribution in [0.25, 0.3) is 0 Å². The first-order chi connectivity index (χ1) is 6.59. The molecule has 0 aromatic carbocycles. The lowest BCUT2D eigenvalue weighted by Gasteiger charge is -2.01. The molecule has 0 saturated carbocycles. The molecule has 78 valence electrons. The van der Waals surface area contributed by atoms with E-state index in [4.69, 9.17) is 0 Å². The molecule has 5 nitrogen and oxygen atoms in total. The Balaban J connectivity index is 2.60. The highest BCUT2D eigenvalue weighted by molar-refractivity contribution is 7.99. The minimum absolute atomic E-state index is 0.324. The maximum atomic E-state index is 11.2. The van der Waals surface area contributed by atoms with Crippen LogP contribution in [-0.2, 0) is 0 Å². The van der Waals surface area contributed by atoms with Crippen LogP contribution in [0.5, 0.6) is 0 Å². The molecule has 0 fully saturated rings. The molecule has 1 heterocycles. The van der Waals surface area contributed by atoms with Crippen LogP contribution >= 0.6 is 11.8 Å². The largest absolute Gasteiger partial charge is 0.342 e. The SMILES string of the molecule is CC(C)CCSc1n[nH]c(=O)[nH]c1=O. The average Bonchev–Trinajstić information content (AvgIpc) is 2.08. The summed E-state index contributed by atoms with van der Waals surface area (Å²) in [5.74, 6) is 1.43. The molecule has 2 N–H and O–H groups in total. The molecule has 1 aromatic rings. The van der Waals surface area contributed by atoms with E-state index < -0.39 is 11.2 Å². The van der Waals surface area contributed by atoms with Gasteiger partial charge in [0, 0.05) is 0 Å². The van der Waals surface area contributed by atoms with Crippen molar-refractivity contribution in [3.63, 3.8) is 0 Å². The van der Waals surface area contributed by atoms with Crippen molar-refractivity contribution < 1.29 is 0 Å². The van der Waals surface area contributed by atoms with Crippen LogP contribution in [0.3, 0.4) is 0 Å². The van der Waals surface area contributed by atoms with E-state index in [2.05, 4.69) is 29.0 Å². The Kier molecular flexibility index (Phi) is 3.94. The van der Waals surface area contributed by atoms with Crippen molar-refractivity contribution in [1.82, 2.24) is 15.2 Å². The van der Waals surface area contributed by atoms with Gasteiger partial charge in [-0.1, -0.05) is 25.6 Å². The zero-order valence-electron chi connectivity index (χ0n) is 8.16. The first-order valence-corrected chi connectivity index (χ1v) is 5.40. The summed E-state index contributed by atoms with van der Waals surface area (Å²) in [7, 11) is 0. The van der Waals surface area contributed by atoms with E-state index in [1.807, 2.05) is 0 Å². The predicted octanol–water partition coefficient (Wildman–Crippen LogP) is 0.596. The number of thioether (sulfide) groups is 1. The zero-order valence-corrected chi connectivity index (χ0v) is 8.98. The van der Waals surface area contributed by atoms with E-state index in [-0.39, 0.29) is 0 Å². The first-order valence-electron chi connectivity index (χ1n) is 4.41. The number of aromatic nitrogens is 3. The molecule has 0 aliphatic carbocycles. The second-order valence-corrected chi connectivity index (χ2v) is 4.43. The lowest BCUT2D eigenvalue weighted by atomic mass is 10.2. The number of aromatic amines is 2. The van der Waals surface area contributed by atoms with Crippen molar-refractivity contribution in [2.75, 3.05) is 5.75 Å². The maximum Gasteiger partial charge on any atom is 0.342 e. The van der Waals surface area contributed by atoms with E-state index in [0.29, 0.717) is 10.9 Å². The highest BCUT2D eigenvalue weighted by Crippen LogP contribution is 2.13. The third-order valence-electron chi connectivity index (χ3n) is 1.61. The molecule has 1 rings (SSSR count). The van der Waals surface area contributed by atoms with Gasteiger partial charge in [0.2, 0.25) is 0 Å². The van der Waals surface area contributed by atoms with Gasteiger partial charge in [-0.2, -0.15) is 5.10 Å². The summed E-state index contributed by atoms with van der Waals surface area (Å²) >= 11 is 1.36. The number of hydrogen-bond acceptors (Lipinski definition) is 4. The van der Waals surface area contributed by atoms with Gasteiger partial charge in [0.1, 0.15) is 0 Å². The van der Waals surface area contributed by atoms with Crippen molar-refractivity contribution in [1.29, 1.82) is 0 Å². The second kappa shape index (κ2) is 4.99. The number of nitrogens with zero attached hydrogens (tertiary/aromatic N) is 1. The first kappa shape index (κ1) is 11.0. The van der Waals surface area contributed by atoms with Gasteiger partial charge in [-0.05, 0) is 18.1 Å². The normalized spacial score (nSPS) is 10.8. The highest BCUT2D eigenvalue weighted by atomic mass is 32.2. The maximum absolute atomic E-state index is 11.2. The minimum Gasteiger partial charge on any atom is -0.271 e. The van der Waals surface area contributed by atoms with Gasteiger partial charge >= 0.3 is 5.69 Å². The number of hydrogen-bond donors (Lipinski definition) is 2. The fourth-order valence-electron chi connectivity index (χ4n) is 0.826. The van der Waals surface area contributed by atoms with Crippen LogP contribution in [0.15, 0.2) is 14.6 Å².